The Balaban J connectivity index is 1.86. The van der Waals surface area contributed by atoms with Gasteiger partial charge in [-0.25, -0.2) is 0 Å². The van der Waals surface area contributed by atoms with Gasteiger partial charge in [-0.2, -0.15) is 0 Å². The molecule has 1 aliphatic carbocycles. The van der Waals surface area contributed by atoms with Crippen molar-refractivity contribution in [3.8, 4) is 0 Å². The summed E-state index contributed by atoms with van der Waals surface area (Å²) in [7, 11) is 0. The van der Waals surface area contributed by atoms with Crippen LogP contribution in [0.2, 0.25) is 0 Å². The van der Waals surface area contributed by atoms with Gasteiger partial charge >= 0.3 is 0 Å². The summed E-state index contributed by atoms with van der Waals surface area (Å²) in [6.45, 7) is 4.00. The van der Waals surface area contributed by atoms with Gasteiger partial charge in [0.15, 0.2) is 0 Å². The molecule has 2 fully saturated rings. The van der Waals surface area contributed by atoms with Crippen LogP contribution in [0.1, 0.15) is 58.3 Å². The molecule has 1 amide bonds. The van der Waals surface area contributed by atoms with E-state index in [1.54, 1.807) is 0 Å². The van der Waals surface area contributed by atoms with Crippen LogP contribution < -0.4 is 0 Å². The third-order valence-corrected chi connectivity index (χ3v) is 4.46. The summed E-state index contributed by atoms with van der Waals surface area (Å²) in [6, 6.07) is 0. The summed E-state index contributed by atoms with van der Waals surface area (Å²) in [5.74, 6) is 0.846. The van der Waals surface area contributed by atoms with Crippen molar-refractivity contribution in [3.05, 3.63) is 0 Å². The third kappa shape index (κ3) is 3.21. The number of aliphatic hydroxyl groups is 1. The maximum absolute atomic E-state index is 12.2. The maximum atomic E-state index is 12.2. The normalized spacial score (nSPS) is 28.4. The number of nitrogens with zero attached hydrogens (tertiary/aromatic N) is 1. The Hall–Kier alpha value is -0.570. The molecule has 1 saturated carbocycles. The topological polar surface area (TPSA) is 40.5 Å². The van der Waals surface area contributed by atoms with Gasteiger partial charge in [0.05, 0.1) is 12.0 Å². The lowest BCUT2D eigenvalue weighted by Gasteiger charge is -2.34. The smallest absolute Gasteiger partial charge is 0.225 e. The molecule has 1 saturated heterocycles. The van der Waals surface area contributed by atoms with E-state index in [-0.39, 0.29) is 5.91 Å². The Morgan fingerprint density at radius 1 is 1.35 bits per heavy atom. The van der Waals surface area contributed by atoms with Crippen LogP contribution >= 0.6 is 0 Å². The van der Waals surface area contributed by atoms with E-state index in [0.29, 0.717) is 12.3 Å². The van der Waals surface area contributed by atoms with E-state index in [1.807, 2.05) is 4.90 Å². The van der Waals surface area contributed by atoms with Crippen molar-refractivity contribution in [2.75, 3.05) is 13.1 Å². The van der Waals surface area contributed by atoms with E-state index in [1.165, 1.54) is 6.42 Å². The van der Waals surface area contributed by atoms with Crippen LogP contribution in [0, 0.1) is 5.92 Å². The summed E-state index contributed by atoms with van der Waals surface area (Å²) >= 11 is 0. The van der Waals surface area contributed by atoms with Gasteiger partial charge in [-0.15, -0.1) is 0 Å². The minimum atomic E-state index is -0.684. The molecule has 98 valence electrons. The van der Waals surface area contributed by atoms with Crippen molar-refractivity contribution >= 4 is 5.91 Å². The number of hydrogen-bond donors (Lipinski definition) is 1. The average Bonchev–Trinajstić information content (AvgIpc) is 2.76. The molecule has 0 radical (unpaired) electrons. The molecule has 2 aliphatic rings. The molecule has 0 aromatic heterocycles. The molecule has 1 unspecified atom stereocenters. The quantitative estimate of drug-likeness (QED) is 0.821. The summed E-state index contributed by atoms with van der Waals surface area (Å²) in [4.78, 5) is 14.2. The molecule has 1 heterocycles. The van der Waals surface area contributed by atoms with Crippen LogP contribution in [-0.4, -0.2) is 34.6 Å². The van der Waals surface area contributed by atoms with Crippen LogP contribution in [-0.2, 0) is 4.79 Å². The molecule has 0 aromatic rings. The lowest BCUT2D eigenvalue weighted by Crippen LogP contribution is -2.43. The zero-order valence-electron chi connectivity index (χ0n) is 11.0. The Morgan fingerprint density at radius 2 is 2.06 bits per heavy atom. The number of hydrogen-bond acceptors (Lipinski definition) is 2. The first kappa shape index (κ1) is 12.9. The van der Waals surface area contributed by atoms with Crippen LogP contribution in [0.15, 0.2) is 0 Å². The fraction of sp³-hybridized carbons (Fsp3) is 0.929. The molecule has 17 heavy (non-hydrogen) atoms. The standard InChI is InChI=1S/C14H25NO2/c1-2-12-6-5-9-15(11-12)13(16)10-14(17)7-3-4-8-14/h12,17H,2-11H2,1H3. The van der Waals surface area contributed by atoms with Crippen LogP contribution in [0.3, 0.4) is 0 Å². The molecule has 1 N–H and O–H groups in total. The number of amides is 1. The van der Waals surface area contributed by atoms with E-state index in [0.717, 1.165) is 51.6 Å². The van der Waals surface area contributed by atoms with E-state index in [4.69, 9.17) is 0 Å². The lowest BCUT2D eigenvalue weighted by molar-refractivity contribution is -0.138. The van der Waals surface area contributed by atoms with Crippen LogP contribution in [0.5, 0.6) is 0 Å². The van der Waals surface area contributed by atoms with Gasteiger partial charge in [-0.1, -0.05) is 26.2 Å². The highest BCUT2D eigenvalue weighted by atomic mass is 16.3. The average molecular weight is 239 g/mol. The van der Waals surface area contributed by atoms with E-state index >= 15 is 0 Å². The number of likely N-dealkylation sites (tertiary alicyclic amines) is 1. The first-order valence-electron chi connectivity index (χ1n) is 7.13. The first-order chi connectivity index (χ1) is 8.13. The highest BCUT2D eigenvalue weighted by Crippen LogP contribution is 2.33. The van der Waals surface area contributed by atoms with Gasteiger partial charge in [0.2, 0.25) is 5.91 Å². The molecule has 3 nitrogen and oxygen atoms in total. The first-order valence-corrected chi connectivity index (χ1v) is 7.13. The third-order valence-electron chi connectivity index (χ3n) is 4.46. The van der Waals surface area contributed by atoms with Gasteiger partial charge in [0.25, 0.3) is 0 Å². The zero-order valence-corrected chi connectivity index (χ0v) is 11.0. The minimum absolute atomic E-state index is 0.174. The van der Waals surface area contributed by atoms with Crippen molar-refractivity contribution in [1.82, 2.24) is 4.90 Å². The molecule has 1 aliphatic heterocycles. The molecular formula is C14H25NO2. The summed E-state index contributed by atoms with van der Waals surface area (Å²) in [5, 5.41) is 10.3. The Bertz CT molecular complexity index is 271. The largest absolute Gasteiger partial charge is 0.389 e. The molecule has 1 atom stereocenters. The van der Waals surface area contributed by atoms with Crippen molar-refractivity contribution < 1.29 is 9.90 Å². The molecule has 3 heteroatoms. The predicted octanol–water partition coefficient (Wildman–Crippen LogP) is 2.33. The predicted molar refractivity (Wildman–Crippen MR) is 67.6 cm³/mol. The van der Waals surface area contributed by atoms with Crippen molar-refractivity contribution in [1.29, 1.82) is 0 Å². The summed E-state index contributed by atoms with van der Waals surface area (Å²) in [6.07, 6.45) is 7.65. The Kier molecular flexibility index (Phi) is 4.08. The zero-order chi connectivity index (χ0) is 12.3. The lowest BCUT2D eigenvalue weighted by atomic mass is 9.93. The van der Waals surface area contributed by atoms with E-state index in [9.17, 15) is 9.90 Å². The number of carbonyl (C=O) groups is 1. The molecule has 0 aromatic carbocycles. The monoisotopic (exact) mass is 239 g/mol. The minimum Gasteiger partial charge on any atom is -0.389 e. The van der Waals surface area contributed by atoms with Gasteiger partial charge in [-0.05, 0) is 31.6 Å². The fourth-order valence-corrected chi connectivity index (χ4v) is 3.23. The molecular weight excluding hydrogens is 214 g/mol. The second-order valence-corrected chi connectivity index (χ2v) is 5.86. The second kappa shape index (κ2) is 5.38. The summed E-state index contributed by atoms with van der Waals surface area (Å²) < 4.78 is 0. The highest BCUT2D eigenvalue weighted by Gasteiger charge is 2.35. The van der Waals surface area contributed by atoms with E-state index in [2.05, 4.69) is 6.92 Å². The van der Waals surface area contributed by atoms with Gasteiger partial charge in [-0.3, -0.25) is 4.79 Å². The van der Waals surface area contributed by atoms with Crippen LogP contribution in [0.25, 0.3) is 0 Å². The Morgan fingerprint density at radius 3 is 2.71 bits per heavy atom. The van der Waals surface area contributed by atoms with Gasteiger partial charge < -0.3 is 10.0 Å². The molecule has 0 spiro atoms. The second-order valence-electron chi connectivity index (χ2n) is 5.86. The molecule has 2 rings (SSSR count). The van der Waals surface area contributed by atoms with E-state index < -0.39 is 5.60 Å². The number of rotatable bonds is 3. The van der Waals surface area contributed by atoms with Crippen molar-refractivity contribution in [2.24, 2.45) is 5.92 Å². The van der Waals surface area contributed by atoms with Gasteiger partial charge in [0, 0.05) is 13.1 Å². The molecule has 0 bridgehead atoms. The van der Waals surface area contributed by atoms with Crippen molar-refractivity contribution in [3.63, 3.8) is 0 Å². The Labute approximate surface area is 104 Å². The maximum Gasteiger partial charge on any atom is 0.225 e. The number of carbonyl (C=O) groups excluding carboxylic acids is 1. The SMILES string of the molecule is CCC1CCCN(C(=O)CC2(O)CCCC2)C1. The highest BCUT2D eigenvalue weighted by molar-refractivity contribution is 5.77. The van der Waals surface area contributed by atoms with Gasteiger partial charge in [0.1, 0.15) is 0 Å². The van der Waals surface area contributed by atoms with Crippen molar-refractivity contribution in [2.45, 2.75) is 63.9 Å². The number of piperidine rings is 1. The fourth-order valence-electron chi connectivity index (χ4n) is 3.23. The summed E-state index contributed by atoms with van der Waals surface area (Å²) in [5.41, 5.74) is -0.684. The van der Waals surface area contributed by atoms with Crippen LogP contribution in [0.4, 0.5) is 0 Å².